The first-order chi connectivity index (χ1) is 18.0. The van der Waals surface area contributed by atoms with Crippen LogP contribution in [0.3, 0.4) is 0 Å². The number of hydrogen-bond donors (Lipinski definition) is 0. The summed E-state index contributed by atoms with van der Waals surface area (Å²) in [6.45, 7) is 8.41. The zero-order valence-electron chi connectivity index (χ0n) is 22.1. The number of sulfonamides is 1. The van der Waals surface area contributed by atoms with Crippen LogP contribution < -0.4 is 0 Å². The van der Waals surface area contributed by atoms with Crippen molar-refractivity contribution in [1.82, 2.24) is 14.1 Å². The minimum atomic E-state index is -3.63. The van der Waals surface area contributed by atoms with Gasteiger partial charge in [0.05, 0.1) is 17.5 Å². The number of fused-ring (bicyclic) bond motifs is 1. The Bertz CT molecular complexity index is 1410. The first-order valence-corrected chi connectivity index (χ1v) is 15.3. The normalized spacial score (nSPS) is 19.4. The second-order valence-corrected chi connectivity index (χ2v) is 14.0. The Morgan fingerprint density at radius 1 is 1.00 bits per heavy atom. The molecule has 3 heterocycles. The second-order valence-electron chi connectivity index (χ2n) is 11.0. The molecule has 6 nitrogen and oxygen atoms in total. The van der Waals surface area contributed by atoms with Gasteiger partial charge in [-0.1, -0.05) is 45.0 Å². The molecule has 0 aliphatic carbocycles. The Hall–Kier alpha value is -2.59. The second kappa shape index (κ2) is 10.5. The van der Waals surface area contributed by atoms with Gasteiger partial charge in [-0.2, -0.15) is 4.31 Å². The van der Waals surface area contributed by atoms with Crippen LogP contribution in [-0.4, -0.2) is 67.7 Å². The van der Waals surface area contributed by atoms with E-state index in [2.05, 4.69) is 37.1 Å². The van der Waals surface area contributed by atoms with Crippen molar-refractivity contribution in [3.63, 3.8) is 0 Å². The lowest BCUT2D eigenvalue weighted by Gasteiger charge is -2.39. The molecule has 2 aliphatic rings. The monoisotopic (exact) mass is 555 g/mol. The third-order valence-corrected chi connectivity index (χ3v) is 10.4. The lowest BCUT2D eigenvalue weighted by molar-refractivity contribution is -0.134. The van der Waals surface area contributed by atoms with E-state index in [9.17, 15) is 17.6 Å². The molecule has 1 fully saturated rings. The van der Waals surface area contributed by atoms with E-state index in [-0.39, 0.29) is 47.7 Å². The highest BCUT2D eigenvalue weighted by atomic mass is 32.2. The van der Waals surface area contributed by atoms with Gasteiger partial charge >= 0.3 is 0 Å². The molecule has 2 aliphatic heterocycles. The molecule has 0 N–H and O–H groups in total. The molecule has 202 valence electrons. The molecular formula is C29H34FN3O3S2. The lowest BCUT2D eigenvalue weighted by atomic mass is 9.87. The predicted octanol–water partition coefficient (Wildman–Crippen LogP) is 4.67. The van der Waals surface area contributed by atoms with Crippen molar-refractivity contribution in [3.05, 3.63) is 87.4 Å². The zero-order chi connectivity index (χ0) is 27.1. The fourth-order valence-corrected chi connectivity index (χ4v) is 7.66. The summed E-state index contributed by atoms with van der Waals surface area (Å²) in [5.41, 5.74) is 3.00. The van der Waals surface area contributed by atoms with Crippen molar-refractivity contribution in [2.45, 2.75) is 43.5 Å². The van der Waals surface area contributed by atoms with Crippen LogP contribution >= 0.6 is 11.3 Å². The number of carbonyl (C=O) groups is 1. The van der Waals surface area contributed by atoms with Gasteiger partial charge in [-0.25, -0.2) is 12.8 Å². The van der Waals surface area contributed by atoms with E-state index < -0.39 is 10.0 Å². The van der Waals surface area contributed by atoms with Gasteiger partial charge in [0.2, 0.25) is 15.9 Å². The Balaban J connectivity index is 1.25. The van der Waals surface area contributed by atoms with Crippen molar-refractivity contribution in [2.24, 2.45) is 0 Å². The molecule has 0 unspecified atom stereocenters. The number of carbonyl (C=O) groups excluding carboxylic acids is 1. The van der Waals surface area contributed by atoms with Crippen LogP contribution in [0.15, 0.2) is 64.9 Å². The van der Waals surface area contributed by atoms with E-state index in [1.165, 1.54) is 15.2 Å². The van der Waals surface area contributed by atoms with Crippen molar-refractivity contribution in [1.29, 1.82) is 0 Å². The lowest BCUT2D eigenvalue weighted by Crippen LogP contribution is -2.53. The third-order valence-electron chi connectivity index (χ3n) is 7.52. The minimum Gasteiger partial charge on any atom is -0.339 e. The van der Waals surface area contributed by atoms with Crippen molar-refractivity contribution < 1.29 is 17.6 Å². The number of nitrogens with zero attached hydrogens (tertiary/aromatic N) is 3. The number of halogens is 1. The van der Waals surface area contributed by atoms with Crippen molar-refractivity contribution >= 4 is 27.3 Å². The Morgan fingerprint density at radius 2 is 1.71 bits per heavy atom. The number of hydrogen-bond acceptors (Lipinski definition) is 5. The van der Waals surface area contributed by atoms with Gasteiger partial charge in [-0.15, -0.1) is 11.3 Å². The van der Waals surface area contributed by atoms with E-state index in [0.29, 0.717) is 19.6 Å². The minimum absolute atomic E-state index is 0.0309. The molecular weight excluding hydrogens is 521 g/mol. The predicted molar refractivity (Wildman–Crippen MR) is 148 cm³/mol. The summed E-state index contributed by atoms with van der Waals surface area (Å²) in [4.78, 5) is 18.8. The third kappa shape index (κ3) is 5.43. The quantitative estimate of drug-likeness (QED) is 0.459. The Kier molecular flexibility index (Phi) is 7.48. The Morgan fingerprint density at radius 3 is 2.37 bits per heavy atom. The number of amides is 1. The molecule has 0 spiro atoms. The molecule has 1 amide bonds. The van der Waals surface area contributed by atoms with E-state index in [1.54, 1.807) is 40.5 Å². The van der Waals surface area contributed by atoms with Crippen molar-refractivity contribution in [2.75, 3.05) is 39.3 Å². The SMILES string of the molecule is CC(C)(C)c1ccc(S(=O)(=O)N2CCN(C(=O)CN3CCc4sccc4[C@H]3c3cccc(F)c3)CC2)cc1. The van der Waals surface area contributed by atoms with Gasteiger partial charge in [0, 0.05) is 37.6 Å². The van der Waals surface area contributed by atoms with E-state index in [1.807, 2.05) is 18.2 Å². The summed E-state index contributed by atoms with van der Waals surface area (Å²) in [7, 11) is -3.63. The smallest absolute Gasteiger partial charge is 0.243 e. The highest BCUT2D eigenvalue weighted by Gasteiger charge is 2.34. The maximum Gasteiger partial charge on any atom is 0.243 e. The van der Waals surface area contributed by atoms with Crippen molar-refractivity contribution in [3.8, 4) is 0 Å². The fourth-order valence-electron chi connectivity index (χ4n) is 5.33. The first-order valence-electron chi connectivity index (χ1n) is 13.0. The summed E-state index contributed by atoms with van der Waals surface area (Å²) < 4.78 is 42.0. The molecule has 9 heteroatoms. The van der Waals surface area contributed by atoms with E-state index >= 15 is 0 Å². The van der Waals surface area contributed by atoms with E-state index in [4.69, 9.17) is 0 Å². The van der Waals surface area contributed by atoms with Gasteiger partial charge in [0.1, 0.15) is 5.82 Å². The first kappa shape index (κ1) is 27.0. The van der Waals surface area contributed by atoms with Gasteiger partial charge in [0.15, 0.2) is 0 Å². The average Bonchev–Trinajstić information content (AvgIpc) is 3.37. The summed E-state index contributed by atoms with van der Waals surface area (Å²) in [5, 5.41) is 2.05. The van der Waals surface area contributed by atoms with Crippen LogP contribution in [0.4, 0.5) is 4.39 Å². The molecule has 0 radical (unpaired) electrons. The number of thiophene rings is 1. The largest absolute Gasteiger partial charge is 0.339 e. The molecule has 5 rings (SSSR count). The summed E-state index contributed by atoms with van der Waals surface area (Å²) >= 11 is 1.70. The molecule has 2 aromatic carbocycles. The van der Waals surface area contributed by atoms with Crippen LogP contribution in [0.5, 0.6) is 0 Å². The van der Waals surface area contributed by atoms with Gasteiger partial charge < -0.3 is 4.90 Å². The van der Waals surface area contributed by atoms with Crippen LogP contribution in [0.2, 0.25) is 0 Å². The topological polar surface area (TPSA) is 60.9 Å². The zero-order valence-corrected chi connectivity index (χ0v) is 23.7. The van der Waals surface area contributed by atoms with Crippen LogP contribution in [-0.2, 0) is 26.7 Å². The van der Waals surface area contributed by atoms with Gasteiger partial charge in [0.25, 0.3) is 0 Å². The summed E-state index contributed by atoms with van der Waals surface area (Å²) in [6.07, 6.45) is 0.853. The van der Waals surface area contributed by atoms with Gasteiger partial charge in [-0.05, 0) is 64.2 Å². The molecule has 1 aromatic heterocycles. The molecule has 38 heavy (non-hydrogen) atoms. The molecule has 1 saturated heterocycles. The highest BCUT2D eigenvalue weighted by Crippen LogP contribution is 2.38. The van der Waals surface area contributed by atoms with Gasteiger partial charge in [-0.3, -0.25) is 9.69 Å². The number of benzene rings is 2. The molecule has 0 bridgehead atoms. The maximum absolute atomic E-state index is 14.1. The van der Waals surface area contributed by atoms with Crippen LogP contribution in [0.25, 0.3) is 0 Å². The fraction of sp³-hybridized carbons (Fsp3) is 0.414. The number of rotatable bonds is 5. The molecule has 1 atom stereocenters. The number of piperazine rings is 1. The molecule has 0 saturated carbocycles. The van der Waals surface area contributed by atoms with E-state index in [0.717, 1.165) is 23.1 Å². The Labute approximate surface area is 228 Å². The van der Waals surface area contributed by atoms with Crippen LogP contribution in [0.1, 0.15) is 48.4 Å². The standard InChI is InChI=1S/C29H34FN3O3S2/c1-29(2,3)22-7-9-24(10-8-22)38(35,36)33-16-14-31(15-17-33)27(34)20-32-13-11-26-25(12-18-37-26)28(32)21-5-4-6-23(30)19-21/h4-10,12,18-19,28H,11,13-17,20H2,1-3H3/t28-/m1/s1. The van der Waals surface area contributed by atoms with Crippen LogP contribution in [0, 0.1) is 5.82 Å². The maximum atomic E-state index is 14.1. The molecule has 3 aromatic rings. The summed E-state index contributed by atoms with van der Waals surface area (Å²) in [5.74, 6) is -0.321. The summed E-state index contributed by atoms with van der Waals surface area (Å²) in [6, 6.07) is 15.6. The average molecular weight is 556 g/mol. The highest BCUT2D eigenvalue weighted by molar-refractivity contribution is 7.89.